The molecule has 0 saturated carbocycles. The van der Waals surface area contributed by atoms with Gasteiger partial charge in [0.25, 0.3) is 0 Å². The first-order chi connectivity index (χ1) is 13.0. The van der Waals surface area contributed by atoms with E-state index in [9.17, 15) is 0 Å². The van der Waals surface area contributed by atoms with E-state index in [-0.39, 0.29) is 6.04 Å². The van der Waals surface area contributed by atoms with Gasteiger partial charge in [-0.3, -0.25) is 9.89 Å². The predicted octanol–water partition coefficient (Wildman–Crippen LogP) is 5.65. The average molecular weight is 385 g/mol. The van der Waals surface area contributed by atoms with Crippen molar-refractivity contribution in [1.82, 2.24) is 4.90 Å². The van der Waals surface area contributed by atoms with E-state index < -0.39 is 0 Å². The standard InChI is InChI=1S/C22H29ClN4/c1-5-6-14(2)17-9-10-26(13-17)21-22-24-16(4)15(3)12-27(22)20-11-18(23)7-8-19(20)25-21/h7-8,11-12,14,16-17H,5-6,9-10,13H2,1-4H3. The number of fused-ring (bicyclic) bond motifs is 3. The van der Waals surface area contributed by atoms with Crippen molar-refractivity contribution in [1.29, 1.82) is 0 Å². The Hall–Kier alpha value is -1.81. The maximum Gasteiger partial charge on any atom is 0.176 e. The minimum absolute atomic E-state index is 0.180. The first kappa shape index (κ1) is 18.5. The summed E-state index contributed by atoms with van der Waals surface area (Å²) in [4.78, 5) is 14.7. The van der Waals surface area contributed by atoms with E-state index in [2.05, 4.69) is 43.7 Å². The van der Waals surface area contributed by atoms with E-state index in [1.165, 1.54) is 24.8 Å². The van der Waals surface area contributed by atoms with Gasteiger partial charge in [-0.05, 0) is 55.9 Å². The molecule has 0 spiro atoms. The van der Waals surface area contributed by atoms with Gasteiger partial charge in [-0.2, -0.15) is 0 Å². The molecule has 0 radical (unpaired) electrons. The number of amidine groups is 2. The largest absolute Gasteiger partial charge is 0.353 e. The molecule has 0 amide bonds. The number of hydrogen-bond acceptors (Lipinski definition) is 4. The van der Waals surface area contributed by atoms with Crippen LogP contribution in [-0.2, 0) is 0 Å². The minimum Gasteiger partial charge on any atom is -0.353 e. The summed E-state index contributed by atoms with van der Waals surface area (Å²) in [6, 6.07) is 6.11. The molecule has 3 aliphatic rings. The van der Waals surface area contributed by atoms with Gasteiger partial charge >= 0.3 is 0 Å². The lowest BCUT2D eigenvalue weighted by Gasteiger charge is -2.36. The number of benzene rings is 1. The third-order valence-corrected chi connectivity index (χ3v) is 6.47. The summed E-state index contributed by atoms with van der Waals surface area (Å²) >= 11 is 6.27. The van der Waals surface area contributed by atoms with Crippen molar-refractivity contribution < 1.29 is 0 Å². The Morgan fingerprint density at radius 2 is 2.11 bits per heavy atom. The first-order valence-electron chi connectivity index (χ1n) is 10.2. The zero-order chi connectivity index (χ0) is 19.1. The van der Waals surface area contributed by atoms with Gasteiger partial charge in [-0.25, -0.2) is 4.99 Å². The second kappa shape index (κ2) is 7.31. The fourth-order valence-corrected chi connectivity index (χ4v) is 4.53. The number of nitrogens with zero attached hydrogens (tertiary/aromatic N) is 4. The minimum atomic E-state index is 0.180. The summed E-state index contributed by atoms with van der Waals surface area (Å²) in [5.74, 6) is 3.49. The van der Waals surface area contributed by atoms with Crippen LogP contribution >= 0.6 is 11.6 Å². The summed E-state index contributed by atoms with van der Waals surface area (Å²) < 4.78 is 0. The summed E-state index contributed by atoms with van der Waals surface area (Å²) in [5, 5.41) is 0.728. The van der Waals surface area contributed by atoms with E-state index in [4.69, 9.17) is 21.6 Å². The zero-order valence-corrected chi connectivity index (χ0v) is 17.5. The molecule has 144 valence electrons. The third kappa shape index (κ3) is 3.40. The van der Waals surface area contributed by atoms with Crippen LogP contribution in [0.15, 0.2) is 40.0 Å². The quantitative estimate of drug-likeness (QED) is 0.673. The molecule has 4 rings (SSSR count). The van der Waals surface area contributed by atoms with Crippen molar-refractivity contribution in [3.8, 4) is 0 Å². The summed E-state index contributed by atoms with van der Waals surface area (Å²) in [7, 11) is 0. The Labute approximate surface area is 167 Å². The Morgan fingerprint density at radius 1 is 1.30 bits per heavy atom. The fraction of sp³-hybridized carbons (Fsp3) is 0.545. The van der Waals surface area contributed by atoms with Crippen LogP contribution in [0.5, 0.6) is 0 Å². The number of halogens is 1. The van der Waals surface area contributed by atoms with Crippen LogP contribution in [0.25, 0.3) is 0 Å². The molecule has 5 heteroatoms. The van der Waals surface area contributed by atoms with Crippen LogP contribution in [0.1, 0.15) is 47.0 Å². The van der Waals surface area contributed by atoms with Gasteiger partial charge in [-0.1, -0.05) is 38.3 Å². The molecular weight excluding hydrogens is 356 g/mol. The fourth-order valence-electron chi connectivity index (χ4n) is 4.36. The van der Waals surface area contributed by atoms with E-state index in [0.717, 1.165) is 53.0 Å². The molecule has 1 saturated heterocycles. The lowest BCUT2D eigenvalue weighted by Crippen LogP contribution is -2.47. The number of rotatable bonds is 3. The molecule has 27 heavy (non-hydrogen) atoms. The van der Waals surface area contributed by atoms with Crippen molar-refractivity contribution in [2.75, 3.05) is 18.0 Å². The number of hydrogen-bond donors (Lipinski definition) is 0. The molecule has 4 nitrogen and oxygen atoms in total. The van der Waals surface area contributed by atoms with Gasteiger partial charge < -0.3 is 4.90 Å². The van der Waals surface area contributed by atoms with E-state index in [1.54, 1.807) is 0 Å². The van der Waals surface area contributed by atoms with Crippen LogP contribution in [0.3, 0.4) is 0 Å². The second-order valence-corrected chi connectivity index (χ2v) is 8.64. The second-order valence-electron chi connectivity index (χ2n) is 8.20. The van der Waals surface area contributed by atoms with Crippen LogP contribution in [0.4, 0.5) is 11.4 Å². The van der Waals surface area contributed by atoms with Crippen LogP contribution in [-0.4, -0.2) is 35.7 Å². The Balaban J connectivity index is 1.70. The monoisotopic (exact) mass is 384 g/mol. The number of aliphatic imine (C=N–C) groups is 2. The molecule has 3 heterocycles. The van der Waals surface area contributed by atoms with Crippen molar-refractivity contribution in [2.45, 2.75) is 53.0 Å². The molecule has 3 atom stereocenters. The molecule has 0 aliphatic carbocycles. The maximum atomic E-state index is 6.27. The normalized spacial score (nSPS) is 25.4. The number of likely N-dealkylation sites (tertiary alicyclic amines) is 1. The third-order valence-electron chi connectivity index (χ3n) is 6.23. The lowest BCUT2D eigenvalue weighted by molar-refractivity contribution is 0.343. The van der Waals surface area contributed by atoms with Gasteiger partial charge in [0.05, 0.1) is 17.4 Å². The highest BCUT2D eigenvalue weighted by atomic mass is 35.5. The molecular formula is C22H29ClN4. The average Bonchev–Trinajstić information content (AvgIpc) is 3.13. The molecule has 1 aromatic carbocycles. The smallest absolute Gasteiger partial charge is 0.176 e. The molecule has 3 aliphatic heterocycles. The van der Waals surface area contributed by atoms with Crippen molar-refractivity contribution in [3.05, 3.63) is 35.0 Å². The summed E-state index contributed by atoms with van der Waals surface area (Å²) in [5.41, 5.74) is 3.24. The summed E-state index contributed by atoms with van der Waals surface area (Å²) in [6.45, 7) is 11.1. The van der Waals surface area contributed by atoms with Gasteiger partial charge in [0.2, 0.25) is 0 Å². The lowest BCUT2D eigenvalue weighted by atomic mass is 9.90. The predicted molar refractivity (Wildman–Crippen MR) is 115 cm³/mol. The molecule has 0 aromatic heterocycles. The SMILES string of the molecule is CCCC(C)C1CCN(C2=Nc3ccc(Cl)cc3N3C=C(C)C(C)N=C23)C1. The van der Waals surface area contributed by atoms with E-state index in [1.807, 2.05) is 18.2 Å². The highest BCUT2D eigenvalue weighted by Crippen LogP contribution is 2.39. The Bertz CT molecular complexity index is 826. The zero-order valence-electron chi connectivity index (χ0n) is 16.7. The Kier molecular flexibility index (Phi) is 5.02. The molecule has 1 aromatic rings. The van der Waals surface area contributed by atoms with E-state index in [0.29, 0.717) is 0 Å². The van der Waals surface area contributed by atoms with Crippen molar-refractivity contribution in [2.24, 2.45) is 21.8 Å². The van der Waals surface area contributed by atoms with E-state index >= 15 is 0 Å². The van der Waals surface area contributed by atoms with Gasteiger partial charge in [-0.15, -0.1) is 0 Å². The van der Waals surface area contributed by atoms with Gasteiger partial charge in [0.1, 0.15) is 0 Å². The molecule has 3 unspecified atom stereocenters. The van der Waals surface area contributed by atoms with Crippen LogP contribution in [0, 0.1) is 11.8 Å². The van der Waals surface area contributed by atoms with Gasteiger partial charge in [0, 0.05) is 24.3 Å². The highest BCUT2D eigenvalue weighted by Gasteiger charge is 2.36. The van der Waals surface area contributed by atoms with Gasteiger partial charge in [0.15, 0.2) is 11.7 Å². The maximum absolute atomic E-state index is 6.27. The highest BCUT2D eigenvalue weighted by molar-refractivity contribution is 6.48. The van der Waals surface area contributed by atoms with Crippen LogP contribution < -0.4 is 4.90 Å². The number of anilines is 1. The molecule has 0 N–H and O–H groups in total. The van der Waals surface area contributed by atoms with Crippen molar-refractivity contribution >= 4 is 34.6 Å². The molecule has 0 bridgehead atoms. The molecule has 1 fully saturated rings. The van der Waals surface area contributed by atoms with Crippen molar-refractivity contribution in [3.63, 3.8) is 0 Å². The summed E-state index contributed by atoms with van der Waals surface area (Å²) in [6.07, 6.45) is 6.00. The topological polar surface area (TPSA) is 31.2 Å². The van der Waals surface area contributed by atoms with Crippen LogP contribution in [0.2, 0.25) is 5.02 Å². The first-order valence-corrected chi connectivity index (χ1v) is 10.5. The Morgan fingerprint density at radius 3 is 2.89 bits per heavy atom.